The van der Waals surface area contributed by atoms with Gasteiger partial charge in [0.2, 0.25) is 5.91 Å². The zero-order valence-corrected chi connectivity index (χ0v) is 16.4. The Morgan fingerprint density at radius 1 is 1.04 bits per heavy atom. The highest BCUT2D eigenvalue weighted by molar-refractivity contribution is 5.94. The molecule has 1 saturated heterocycles. The van der Waals surface area contributed by atoms with Gasteiger partial charge in [0.25, 0.3) is 0 Å². The highest BCUT2D eigenvalue weighted by Gasteiger charge is 2.26. The monoisotopic (exact) mass is 388 g/mol. The van der Waals surface area contributed by atoms with E-state index in [1.54, 1.807) is 0 Å². The number of rotatable bonds is 7. The molecule has 0 bridgehead atoms. The third kappa shape index (κ3) is 6.65. The summed E-state index contributed by atoms with van der Waals surface area (Å²) in [4.78, 5) is 12.4. The minimum atomic E-state index is -0.472. The average Bonchev–Trinajstić information content (AvgIpc) is 2.69. The zero-order chi connectivity index (χ0) is 18.2. The van der Waals surface area contributed by atoms with Crippen LogP contribution in [0.15, 0.2) is 54.6 Å². The van der Waals surface area contributed by atoms with Gasteiger partial charge in [0.15, 0.2) is 0 Å². The Morgan fingerprint density at radius 3 is 2.44 bits per heavy atom. The summed E-state index contributed by atoms with van der Waals surface area (Å²) in [5, 5.41) is 2.98. The van der Waals surface area contributed by atoms with Gasteiger partial charge in [0, 0.05) is 18.9 Å². The van der Waals surface area contributed by atoms with Crippen LogP contribution in [-0.4, -0.2) is 25.2 Å². The van der Waals surface area contributed by atoms with E-state index in [0.717, 1.165) is 37.8 Å². The van der Waals surface area contributed by atoms with Crippen molar-refractivity contribution >= 4 is 24.0 Å². The van der Waals surface area contributed by atoms with Crippen molar-refractivity contribution in [2.24, 2.45) is 11.7 Å². The lowest BCUT2D eigenvalue weighted by Gasteiger charge is -2.26. The van der Waals surface area contributed by atoms with Gasteiger partial charge in [-0.15, -0.1) is 12.4 Å². The van der Waals surface area contributed by atoms with Crippen LogP contribution < -0.4 is 11.1 Å². The molecule has 4 nitrogen and oxygen atoms in total. The first-order valence-electron chi connectivity index (χ1n) is 9.49. The molecule has 1 aliphatic rings. The second-order valence-electron chi connectivity index (χ2n) is 7.00. The van der Waals surface area contributed by atoms with Gasteiger partial charge in [-0.3, -0.25) is 4.79 Å². The van der Waals surface area contributed by atoms with Crippen LogP contribution in [0.25, 0.3) is 0 Å². The smallest absolute Gasteiger partial charge is 0.241 e. The Labute approximate surface area is 167 Å². The normalized spacial score (nSPS) is 15.6. The van der Waals surface area contributed by atoms with Crippen LogP contribution in [0.3, 0.4) is 0 Å². The van der Waals surface area contributed by atoms with Crippen LogP contribution in [0, 0.1) is 5.92 Å². The van der Waals surface area contributed by atoms with Crippen molar-refractivity contribution in [3.8, 4) is 0 Å². The number of nitrogens with two attached hydrogens (primary N) is 1. The van der Waals surface area contributed by atoms with E-state index < -0.39 is 6.04 Å². The molecule has 146 valence electrons. The van der Waals surface area contributed by atoms with Crippen molar-refractivity contribution in [3.05, 3.63) is 65.7 Å². The molecule has 1 unspecified atom stereocenters. The summed E-state index contributed by atoms with van der Waals surface area (Å²) < 4.78 is 5.35. The first kappa shape index (κ1) is 21.4. The van der Waals surface area contributed by atoms with Gasteiger partial charge in [-0.25, -0.2) is 0 Å². The Kier molecular flexibility index (Phi) is 8.79. The maximum absolute atomic E-state index is 12.4. The van der Waals surface area contributed by atoms with Gasteiger partial charge in [0.05, 0.1) is 6.04 Å². The van der Waals surface area contributed by atoms with E-state index in [-0.39, 0.29) is 24.2 Å². The number of ether oxygens (including phenoxy) is 1. The van der Waals surface area contributed by atoms with Crippen molar-refractivity contribution in [3.63, 3.8) is 0 Å². The fourth-order valence-corrected chi connectivity index (χ4v) is 3.46. The number of aryl methyl sites for hydroxylation is 2. The Bertz CT molecular complexity index is 702. The molecule has 0 aromatic heterocycles. The first-order chi connectivity index (χ1) is 12.7. The fraction of sp³-hybridized carbons (Fsp3) is 0.409. The van der Waals surface area contributed by atoms with Gasteiger partial charge < -0.3 is 15.8 Å². The lowest BCUT2D eigenvalue weighted by molar-refractivity contribution is -0.119. The number of halogens is 1. The predicted octanol–water partition coefficient (Wildman–Crippen LogP) is 3.98. The van der Waals surface area contributed by atoms with Crippen molar-refractivity contribution in [1.82, 2.24) is 0 Å². The van der Waals surface area contributed by atoms with Crippen LogP contribution >= 0.6 is 12.4 Å². The van der Waals surface area contributed by atoms with Crippen molar-refractivity contribution in [2.75, 3.05) is 18.5 Å². The van der Waals surface area contributed by atoms with Gasteiger partial charge in [-0.1, -0.05) is 42.5 Å². The molecule has 0 spiro atoms. The summed E-state index contributed by atoms with van der Waals surface area (Å²) in [6.45, 7) is 1.39. The Hall–Kier alpha value is -1.88. The summed E-state index contributed by atoms with van der Waals surface area (Å²) in [5.74, 6) is 0.108. The molecule has 0 aliphatic carbocycles. The van der Waals surface area contributed by atoms with Crippen molar-refractivity contribution in [1.29, 1.82) is 0 Å². The lowest BCUT2D eigenvalue weighted by Crippen LogP contribution is -2.44. The van der Waals surface area contributed by atoms with E-state index in [2.05, 4.69) is 41.7 Å². The summed E-state index contributed by atoms with van der Waals surface area (Å²) in [6, 6.07) is 18.1. The molecule has 1 fully saturated rings. The quantitative estimate of drug-likeness (QED) is 0.754. The Morgan fingerprint density at radius 2 is 1.70 bits per heavy atom. The van der Waals surface area contributed by atoms with Crippen LogP contribution in [0.5, 0.6) is 0 Å². The summed E-state index contributed by atoms with van der Waals surface area (Å²) in [5.41, 5.74) is 9.58. The Balaban J connectivity index is 0.00000261. The van der Waals surface area contributed by atoms with E-state index in [9.17, 15) is 4.79 Å². The third-order valence-electron chi connectivity index (χ3n) is 5.04. The second kappa shape index (κ2) is 11.1. The molecule has 2 aromatic rings. The molecule has 3 N–H and O–H groups in total. The summed E-state index contributed by atoms with van der Waals surface area (Å²) >= 11 is 0. The molecule has 2 aromatic carbocycles. The standard InChI is InChI=1S/C22H28N2O2.ClH/c23-21(19-12-14-26-15-13-19)22(25)24-20-11-5-10-18(16-20)9-4-8-17-6-2-1-3-7-17;/h1-3,5-7,10-11,16,19,21H,4,8-9,12-15,23H2,(H,24,25);1H. The van der Waals surface area contributed by atoms with Crippen LogP contribution in [0.2, 0.25) is 0 Å². The van der Waals surface area contributed by atoms with Gasteiger partial charge in [-0.2, -0.15) is 0 Å². The van der Waals surface area contributed by atoms with E-state index in [1.165, 1.54) is 11.1 Å². The van der Waals surface area contributed by atoms with E-state index in [1.807, 2.05) is 18.2 Å². The predicted molar refractivity (Wildman–Crippen MR) is 112 cm³/mol. The minimum Gasteiger partial charge on any atom is -0.381 e. The zero-order valence-electron chi connectivity index (χ0n) is 15.6. The molecular formula is C22H29ClN2O2. The first-order valence-corrected chi connectivity index (χ1v) is 9.49. The van der Waals surface area contributed by atoms with E-state index >= 15 is 0 Å². The summed E-state index contributed by atoms with van der Waals surface area (Å²) in [6.07, 6.45) is 4.85. The maximum atomic E-state index is 12.4. The number of anilines is 1. The fourth-order valence-electron chi connectivity index (χ4n) is 3.46. The van der Waals surface area contributed by atoms with E-state index in [0.29, 0.717) is 13.2 Å². The van der Waals surface area contributed by atoms with Crippen molar-refractivity contribution < 1.29 is 9.53 Å². The average molecular weight is 389 g/mol. The molecule has 1 heterocycles. The van der Waals surface area contributed by atoms with Gasteiger partial charge in [-0.05, 0) is 61.3 Å². The number of hydrogen-bond donors (Lipinski definition) is 2. The molecule has 0 saturated carbocycles. The number of benzene rings is 2. The highest BCUT2D eigenvalue weighted by Crippen LogP contribution is 2.19. The molecule has 1 amide bonds. The van der Waals surface area contributed by atoms with Gasteiger partial charge >= 0.3 is 0 Å². The summed E-state index contributed by atoms with van der Waals surface area (Å²) in [7, 11) is 0. The molecule has 27 heavy (non-hydrogen) atoms. The molecule has 3 rings (SSSR count). The second-order valence-corrected chi connectivity index (χ2v) is 7.00. The largest absolute Gasteiger partial charge is 0.381 e. The third-order valence-corrected chi connectivity index (χ3v) is 5.04. The number of amides is 1. The number of nitrogens with one attached hydrogen (secondary N) is 1. The number of carbonyl (C=O) groups excluding carboxylic acids is 1. The lowest BCUT2D eigenvalue weighted by atomic mass is 9.92. The van der Waals surface area contributed by atoms with Crippen molar-refractivity contribution in [2.45, 2.75) is 38.1 Å². The number of hydrogen-bond acceptors (Lipinski definition) is 3. The molecule has 0 radical (unpaired) electrons. The highest BCUT2D eigenvalue weighted by atomic mass is 35.5. The molecule has 1 atom stereocenters. The minimum absolute atomic E-state index is 0. The topological polar surface area (TPSA) is 64.4 Å². The molecular weight excluding hydrogens is 360 g/mol. The van der Waals surface area contributed by atoms with Crippen LogP contribution in [-0.2, 0) is 22.4 Å². The SMILES string of the molecule is Cl.NC(C(=O)Nc1cccc(CCCc2ccccc2)c1)C1CCOCC1. The maximum Gasteiger partial charge on any atom is 0.241 e. The molecule has 1 aliphatic heterocycles. The molecule has 5 heteroatoms. The van der Waals surface area contributed by atoms with Crippen LogP contribution in [0.4, 0.5) is 5.69 Å². The van der Waals surface area contributed by atoms with E-state index in [4.69, 9.17) is 10.5 Å². The van der Waals surface area contributed by atoms with Crippen LogP contribution in [0.1, 0.15) is 30.4 Å². The van der Waals surface area contributed by atoms with Gasteiger partial charge in [0.1, 0.15) is 0 Å². The number of carbonyl (C=O) groups is 1.